The van der Waals surface area contributed by atoms with Crippen molar-refractivity contribution in [2.75, 3.05) is 6.54 Å². The number of rotatable bonds is 5. The summed E-state index contributed by atoms with van der Waals surface area (Å²) in [7, 11) is 0. The molecule has 2 aliphatic carbocycles. The van der Waals surface area contributed by atoms with Crippen molar-refractivity contribution in [2.45, 2.75) is 83.2 Å². The molecule has 1 amide bonds. The van der Waals surface area contributed by atoms with Gasteiger partial charge in [-0.05, 0) is 38.5 Å². The second-order valence-corrected chi connectivity index (χ2v) is 6.47. The van der Waals surface area contributed by atoms with Crippen LogP contribution in [-0.4, -0.2) is 24.5 Å². The Kier molecular flexibility index (Phi) is 6.15. The Morgan fingerprint density at radius 2 is 1.58 bits per heavy atom. The van der Waals surface area contributed by atoms with Crippen molar-refractivity contribution in [3.63, 3.8) is 0 Å². The Labute approximate surface area is 117 Å². The standard InChI is InChI=1S/C16H30N2O/c1-13(14-8-4-2-3-5-9-14)17-12-16(19)18-15-10-6-7-11-15/h13-15,17H,2-12H2,1H3,(H,18,19)/t13-/m0/s1. The molecule has 19 heavy (non-hydrogen) atoms. The lowest BCUT2D eigenvalue weighted by Crippen LogP contribution is -2.43. The van der Waals surface area contributed by atoms with Gasteiger partial charge in [-0.1, -0.05) is 38.5 Å². The maximum Gasteiger partial charge on any atom is 0.234 e. The highest BCUT2D eigenvalue weighted by molar-refractivity contribution is 5.78. The average molecular weight is 266 g/mol. The van der Waals surface area contributed by atoms with Crippen molar-refractivity contribution in [1.82, 2.24) is 10.6 Å². The maximum atomic E-state index is 11.9. The summed E-state index contributed by atoms with van der Waals surface area (Å²) in [5.74, 6) is 0.953. The van der Waals surface area contributed by atoms with Gasteiger partial charge in [0.1, 0.15) is 0 Å². The molecule has 1 atom stereocenters. The molecule has 0 aromatic rings. The molecule has 2 fully saturated rings. The molecule has 110 valence electrons. The van der Waals surface area contributed by atoms with E-state index in [0.29, 0.717) is 18.6 Å². The molecule has 2 N–H and O–H groups in total. The molecule has 2 aliphatic rings. The minimum Gasteiger partial charge on any atom is -0.352 e. The molecule has 3 nitrogen and oxygen atoms in total. The van der Waals surface area contributed by atoms with Crippen molar-refractivity contribution >= 4 is 5.91 Å². The number of carbonyl (C=O) groups is 1. The van der Waals surface area contributed by atoms with Crippen LogP contribution >= 0.6 is 0 Å². The lowest BCUT2D eigenvalue weighted by molar-refractivity contribution is -0.121. The third-order valence-electron chi connectivity index (χ3n) is 4.91. The van der Waals surface area contributed by atoms with Gasteiger partial charge in [-0.15, -0.1) is 0 Å². The molecule has 3 heteroatoms. The zero-order valence-corrected chi connectivity index (χ0v) is 12.4. The predicted octanol–water partition coefficient (Wildman–Crippen LogP) is 2.99. The fraction of sp³-hybridized carbons (Fsp3) is 0.938. The van der Waals surface area contributed by atoms with Crippen LogP contribution in [0.2, 0.25) is 0 Å². The van der Waals surface area contributed by atoms with E-state index < -0.39 is 0 Å². The van der Waals surface area contributed by atoms with Crippen LogP contribution in [0.4, 0.5) is 0 Å². The molecule has 0 spiro atoms. The van der Waals surface area contributed by atoms with Gasteiger partial charge in [0.25, 0.3) is 0 Å². The Morgan fingerprint density at radius 1 is 1.00 bits per heavy atom. The zero-order valence-electron chi connectivity index (χ0n) is 12.4. The van der Waals surface area contributed by atoms with Gasteiger partial charge in [-0.25, -0.2) is 0 Å². The van der Waals surface area contributed by atoms with Crippen LogP contribution in [0.15, 0.2) is 0 Å². The molecule has 0 aromatic carbocycles. The first-order valence-corrected chi connectivity index (χ1v) is 8.28. The van der Waals surface area contributed by atoms with Crippen molar-refractivity contribution in [2.24, 2.45) is 5.92 Å². The van der Waals surface area contributed by atoms with Crippen molar-refractivity contribution < 1.29 is 4.79 Å². The van der Waals surface area contributed by atoms with E-state index in [2.05, 4.69) is 17.6 Å². The van der Waals surface area contributed by atoms with E-state index in [-0.39, 0.29) is 5.91 Å². The van der Waals surface area contributed by atoms with E-state index in [1.54, 1.807) is 0 Å². The lowest BCUT2D eigenvalue weighted by Gasteiger charge is -2.23. The molecule has 0 heterocycles. The van der Waals surface area contributed by atoms with E-state index in [4.69, 9.17) is 0 Å². The summed E-state index contributed by atoms with van der Waals surface area (Å²) in [6.07, 6.45) is 13.1. The van der Waals surface area contributed by atoms with Crippen LogP contribution < -0.4 is 10.6 Å². The average Bonchev–Trinajstić information content (AvgIpc) is 2.76. The molecule has 2 rings (SSSR count). The minimum atomic E-state index is 0.187. The maximum absolute atomic E-state index is 11.9. The molecule has 0 radical (unpaired) electrons. The van der Waals surface area contributed by atoms with Gasteiger partial charge in [0.15, 0.2) is 0 Å². The second kappa shape index (κ2) is 7.88. The van der Waals surface area contributed by atoms with Crippen LogP contribution in [0.3, 0.4) is 0 Å². The van der Waals surface area contributed by atoms with Crippen LogP contribution in [-0.2, 0) is 4.79 Å². The van der Waals surface area contributed by atoms with Gasteiger partial charge < -0.3 is 10.6 Å². The molecular weight excluding hydrogens is 236 g/mol. The number of carbonyl (C=O) groups excluding carboxylic acids is 1. The Balaban J connectivity index is 1.64. The highest BCUT2D eigenvalue weighted by Crippen LogP contribution is 2.25. The predicted molar refractivity (Wildman–Crippen MR) is 79.1 cm³/mol. The van der Waals surface area contributed by atoms with Crippen LogP contribution in [0.5, 0.6) is 0 Å². The first-order chi connectivity index (χ1) is 9.25. The summed E-state index contributed by atoms with van der Waals surface area (Å²) in [5.41, 5.74) is 0. The zero-order chi connectivity index (χ0) is 13.5. The third kappa shape index (κ3) is 5.13. The van der Waals surface area contributed by atoms with Gasteiger partial charge >= 0.3 is 0 Å². The van der Waals surface area contributed by atoms with E-state index >= 15 is 0 Å². The van der Waals surface area contributed by atoms with Gasteiger partial charge in [0.2, 0.25) is 5.91 Å². The van der Waals surface area contributed by atoms with E-state index in [1.165, 1.54) is 64.2 Å². The summed E-state index contributed by atoms with van der Waals surface area (Å²) in [6, 6.07) is 0.926. The molecule has 0 aromatic heterocycles. The fourth-order valence-electron chi connectivity index (χ4n) is 3.58. The van der Waals surface area contributed by atoms with E-state index in [0.717, 1.165) is 5.92 Å². The molecule has 2 saturated carbocycles. The first-order valence-electron chi connectivity index (χ1n) is 8.28. The summed E-state index contributed by atoms with van der Waals surface area (Å²) in [6.45, 7) is 2.74. The van der Waals surface area contributed by atoms with Gasteiger partial charge in [-0.3, -0.25) is 4.79 Å². The third-order valence-corrected chi connectivity index (χ3v) is 4.91. The van der Waals surface area contributed by atoms with Crippen LogP contribution in [0.25, 0.3) is 0 Å². The first kappa shape index (κ1) is 14.8. The molecule has 0 bridgehead atoms. The number of nitrogens with one attached hydrogen (secondary N) is 2. The second-order valence-electron chi connectivity index (χ2n) is 6.47. The summed E-state index contributed by atoms with van der Waals surface area (Å²) in [4.78, 5) is 11.9. The normalized spacial score (nSPS) is 24.1. The summed E-state index contributed by atoms with van der Waals surface area (Å²) in [5, 5.41) is 6.59. The SMILES string of the molecule is C[C@H](NCC(=O)NC1CCCC1)C1CCCCCC1. The van der Waals surface area contributed by atoms with E-state index in [1.807, 2.05) is 0 Å². The highest BCUT2D eigenvalue weighted by atomic mass is 16.1. The minimum absolute atomic E-state index is 0.187. The quantitative estimate of drug-likeness (QED) is 0.751. The monoisotopic (exact) mass is 266 g/mol. The topological polar surface area (TPSA) is 41.1 Å². The largest absolute Gasteiger partial charge is 0.352 e. The summed E-state index contributed by atoms with van der Waals surface area (Å²) >= 11 is 0. The lowest BCUT2D eigenvalue weighted by atomic mass is 9.93. The number of hydrogen-bond donors (Lipinski definition) is 2. The number of amides is 1. The Hall–Kier alpha value is -0.570. The smallest absolute Gasteiger partial charge is 0.234 e. The van der Waals surface area contributed by atoms with Crippen LogP contribution in [0, 0.1) is 5.92 Å². The molecule has 0 saturated heterocycles. The van der Waals surface area contributed by atoms with E-state index in [9.17, 15) is 4.79 Å². The number of hydrogen-bond acceptors (Lipinski definition) is 2. The molecule has 0 unspecified atom stereocenters. The van der Waals surface area contributed by atoms with Crippen molar-refractivity contribution in [3.05, 3.63) is 0 Å². The highest BCUT2D eigenvalue weighted by Gasteiger charge is 2.20. The molecule has 0 aliphatic heterocycles. The molecular formula is C16H30N2O. The van der Waals surface area contributed by atoms with Gasteiger partial charge in [0, 0.05) is 12.1 Å². The van der Waals surface area contributed by atoms with Crippen LogP contribution in [0.1, 0.15) is 71.1 Å². The Morgan fingerprint density at radius 3 is 2.21 bits per heavy atom. The van der Waals surface area contributed by atoms with Crippen molar-refractivity contribution in [1.29, 1.82) is 0 Å². The fourth-order valence-corrected chi connectivity index (χ4v) is 3.58. The van der Waals surface area contributed by atoms with Crippen molar-refractivity contribution in [3.8, 4) is 0 Å². The van der Waals surface area contributed by atoms with Gasteiger partial charge in [0.05, 0.1) is 6.54 Å². The Bertz CT molecular complexity index is 266. The summed E-state index contributed by atoms with van der Waals surface area (Å²) < 4.78 is 0. The van der Waals surface area contributed by atoms with Gasteiger partial charge in [-0.2, -0.15) is 0 Å².